The lowest BCUT2D eigenvalue weighted by Crippen LogP contribution is -1.93. The smallest absolute Gasteiger partial charge is 0.230 e. The maximum atomic E-state index is 5.25. The predicted octanol–water partition coefficient (Wildman–Crippen LogP) is 3.25. The van der Waals surface area contributed by atoms with E-state index in [4.69, 9.17) is 9.47 Å². The molecule has 1 aromatic heterocycles. The number of hydrogen-bond donors (Lipinski definition) is 0. The Kier molecular flexibility index (Phi) is 3.88. The molecule has 0 saturated carbocycles. The summed E-state index contributed by atoms with van der Waals surface area (Å²) in [5, 5.41) is 0. The molecule has 1 aromatic carbocycles. The zero-order chi connectivity index (χ0) is 12.1. The fourth-order valence-electron chi connectivity index (χ4n) is 1.36. The first-order valence-corrected chi connectivity index (χ1v) is 5.97. The zero-order valence-electron chi connectivity index (χ0n) is 9.71. The summed E-state index contributed by atoms with van der Waals surface area (Å²) in [5.41, 5.74) is 0. The number of benzene rings is 1. The molecule has 0 aliphatic carbocycles. The van der Waals surface area contributed by atoms with Crippen LogP contribution < -0.4 is 9.47 Å². The average Bonchev–Trinajstić information content (AvgIpc) is 2.40. The lowest BCUT2D eigenvalue weighted by Gasteiger charge is -2.08. The van der Waals surface area contributed by atoms with Crippen LogP contribution >= 0.6 is 11.8 Å². The molecule has 0 aliphatic heterocycles. The summed E-state index contributed by atoms with van der Waals surface area (Å²) in [7, 11) is 3.20. The standard InChI is InChI=1S/C13H13NO2S/c1-15-12-9-8-11(13(14-12)16-2)17-10-6-4-3-5-7-10/h3-9H,1-2H3. The van der Waals surface area contributed by atoms with Crippen LogP contribution in [-0.4, -0.2) is 19.2 Å². The van der Waals surface area contributed by atoms with E-state index in [0.29, 0.717) is 11.8 Å². The van der Waals surface area contributed by atoms with Crippen molar-refractivity contribution < 1.29 is 9.47 Å². The van der Waals surface area contributed by atoms with E-state index in [-0.39, 0.29) is 0 Å². The normalized spacial score (nSPS) is 10.0. The molecule has 2 aromatic rings. The molecule has 0 atom stereocenters. The van der Waals surface area contributed by atoms with Gasteiger partial charge >= 0.3 is 0 Å². The minimum Gasteiger partial charge on any atom is -0.481 e. The molecule has 4 heteroatoms. The lowest BCUT2D eigenvalue weighted by atomic mass is 10.4. The van der Waals surface area contributed by atoms with Crippen molar-refractivity contribution in [3.8, 4) is 11.8 Å². The first kappa shape index (κ1) is 11.8. The SMILES string of the molecule is COc1ccc(Sc2ccccc2)c(OC)n1. The van der Waals surface area contributed by atoms with Crippen molar-refractivity contribution in [2.45, 2.75) is 9.79 Å². The predicted molar refractivity (Wildman–Crippen MR) is 67.9 cm³/mol. The van der Waals surface area contributed by atoms with Gasteiger partial charge in [-0.2, -0.15) is 4.98 Å². The highest BCUT2D eigenvalue weighted by Crippen LogP contribution is 2.34. The summed E-state index contributed by atoms with van der Waals surface area (Å²) in [6.45, 7) is 0. The number of methoxy groups -OCH3 is 2. The summed E-state index contributed by atoms with van der Waals surface area (Å²) in [4.78, 5) is 6.36. The van der Waals surface area contributed by atoms with Gasteiger partial charge in [-0.3, -0.25) is 0 Å². The Bertz CT molecular complexity index is 488. The van der Waals surface area contributed by atoms with Crippen molar-refractivity contribution in [2.75, 3.05) is 14.2 Å². The van der Waals surface area contributed by atoms with Crippen LogP contribution in [0.15, 0.2) is 52.3 Å². The minimum absolute atomic E-state index is 0.555. The van der Waals surface area contributed by atoms with Gasteiger partial charge in [0.25, 0.3) is 0 Å². The molecule has 3 nitrogen and oxygen atoms in total. The fraction of sp³-hybridized carbons (Fsp3) is 0.154. The summed E-state index contributed by atoms with van der Waals surface area (Å²) < 4.78 is 10.3. The van der Waals surface area contributed by atoms with Crippen LogP contribution in [0.25, 0.3) is 0 Å². The van der Waals surface area contributed by atoms with E-state index < -0.39 is 0 Å². The Labute approximate surface area is 105 Å². The lowest BCUT2D eigenvalue weighted by molar-refractivity contribution is 0.357. The van der Waals surface area contributed by atoms with Crippen LogP contribution in [0.1, 0.15) is 0 Å². The fourth-order valence-corrected chi connectivity index (χ4v) is 2.26. The molecule has 0 spiro atoms. The second-order valence-corrected chi connectivity index (χ2v) is 4.39. The second-order valence-electron chi connectivity index (χ2n) is 3.28. The van der Waals surface area contributed by atoms with Crippen LogP contribution in [0.5, 0.6) is 11.8 Å². The highest BCUT2D eigenvalue weighted by Gasteiger charge is 2.08. The highest BCUT2D eigenvalue weighted by molar-refractivity contribution is 7.99. The maximum Gasteiger partial charge on any atom is 0.230 e. The third-order valence-electron chi connectivity index (χ3n) is 2.17. The highest BCUT2D eigenvalue weighted by atomic mass is 32.2. The average molecular weight is 247 g/mol. The number of rotatable bonds is 4. The Morgan fingerprint density at radius 1 is 0.941 bits per heavy atom. The number of ether oxygens (including phenoxy) is 2. The van der Waals surface area contributed by atoms with Crippen LogP contribution in [-0.2, 0) is 0 Å². The quantitative estimate of drug-likeness (QED) is 0.830. The van der Waals surface area contributed by atoms with Gasteiger partial charge in [-0.15, -0.1) is 0 Å². The molecule has 0 radical (unpaired) electrons. The van der Waals surface area contributed by atoms with Gasteiger partial charge in [-0.25, -0.2) is 0 Å². The van der Waals surface area contributed by atoms with Crippen molar-refractivity contribution in [2.24, 2.45) is 0 Å². The number of pyridine rings is 1. The van der Waals surface area contributed by atoms with Crippen LogP contribution in [0.4, 0.5) is 0 Å². The van der Waals surface area contributed by atoms with E-state index >= 15 is 0 Å². The molecule has 0 aliphatic rings. The Morgan fingerprint density at radius 2 is 1.71 bits per heavy atom. The minimum atomic E-state index is 0.555. The molecular weight excluding hydrogens is 234 g/mol. The molecule has 1 heterocycles. The van der Waals surface area contributed by atoms with Crippen molar-refractivity contribution in [3.05, 3.63) is 42.5 Å². The molecular formula is C13H13NO2S. The van der Waals surface area contributed by atoms with E-state index in [9.17, 15) is 0 Å². The first-order chi connectivity index (χ1) is 8.33. The van der Waals surface area contributed by atoms with E-state index in [0.717, 1.165) is 9.79 Å². The van der Waals surface area contributed by atoms with Gasteiger partial charge in [-0.05, 0) is 18.2 Å². The molecule has 2 rings (SSSR count). The molecule has 0 saturated heterocycles. The Balaban J connectivity index is 2.26. The summed E-state index contributed by atoms with van der Waals surface area (Å²) in [6, 6.07) is 13.9. The van der Waals surface area contributed by atoms with E-state index in [2.05, 4.69) is 4.98 Å². The van der Waals surface area contributed by atoms with Crippen molar-refractivity contribution in [3.63, 3.8) is 0 Å². The maximum absolute atomic E-state index is 5.25. The third-order valence-corrected chi connectivity index (χ3v) is 3.21. The molecule has 17 heavy (non-hydrogen) atoms. The van der Waals surface area contributed by atoms with Gasteiger partial charge in [0, 0.05) is 11.0 Å². The molecule has 0 N–H and O–H groups in total. The third kappa shape index (κ3) is 2.91. The first-order valence-electron chi connectivity index (χ1n) is 5.15. The number of hydrogen-bond acceptors (Lipinski definition) is 4. The van der Waals surface area contributed by atoms with Gasteiger partial charge in [-0.1, -0.05) is 30.0 Å². The van der Waals surface area contributed by atoms with Gasteiger partial charge in [0.2, 0.25) is 11.8 Å². The number of nitrogens with zero attached hydrogens (tertiary/aromatic N) is 1. The summed E-state index contributed by atoms with van der Waals surface area (Å²) >= 11 is 1.61. The monoisotopic (exact) mass is 247 g/mol. The number of aromatic nitrogens is 1. The topological polar surface area (TPSA) is 31.4 Å². The zero-order valence-corrected chi connectivity index (χ0v) is 10.5. The van der Waals surface area contributed by atoms with Crippen LogP contribution in [0.2, 0.25) is 0 Å². The second kappa shape index (κ2) is 5.59. The molecule has 0 unspecified atom stereocenters. The largest absolute Gasteiger partial charge is 0.481 e. The van der Waals surface area contributed by atoms with Crippen LogP contribution in [0, 0.1) is 0 Å². The van der Waals surface area contributed by atoms with E-state index in [1.54, 1.807) is 26.0 Å². The van der Waals surface area contributed by atoms with E-state index in [1.165, 1.54) is 0 Å². The molecule has 0 amide bonds. The van der Waals surface area contributed by atoms with E-state index in [1.807, 2.05) is 42.5 Å². The van der Waals surface area contributed by atoms with Crippen LogP contribution in [0.3, 0.4) is 0 Å². The van der Waals surface area contributed by atoms with Gasteiger partial charge in [0.05, 0.1) is 19.1 Å². The Morgan fingerprint density at radius 3 is 2.35 bits per heavy atom. The molecule has 0 bridgehead atoms. The van der Waals surface area contributed by atoms with Crippen molar-refractivity contribution >= 4 is 11.8 Å². The van der Waals surface area contributed by atoms with Crippen molar-refractivity contribution in [1.29, 1.82) is 0 Å². The van der Waals surface area contributed by atoms with Crippen molar-refractivity contribution in [1.82, 2.24) is 4.98 Å². The van der Waals surface area contributed by atoms with Gasteiger partial charge in [0.15, 0.2) is 0 Å². The Hall–Kier alpha value is -1.68. The van der Waals surface area contributed by atoms with Gasteiger partial charge < -0.3 is 9.47 Å². The molecule has 0 fully saturated rings. The van der Waals surface area contributed by atoms with Gasteiger partial charge in [0.1, 0.15) is 0 Å². The molecule has 88 valence electrons. The summed E-state index contributed by atoms with van der Waals surface area (Å²) in [6.07, 6.45) is 0. The summed E-state index contributed by atoms with van der Waals surface area (Å²) in [5.74, 6) is 1.14.